The van der Waals surface area contributed by atoms with Gasteiger partial charge in [0.2, 0.25) is 0 Å². The molecule has 1 amide bonds. The van der Waals surface area contributed by atoms with Crippen LogP contribution in [0.4, 0.5) is 10.8 Å². The van der Waals surface area contributed by atoms with E-state index < -0.39 is 16.1 Å². The second kappa shape index (κ2) is 7.86. The molecule has 1 unspecified atom stereocenters. The highest BCUT2D eigenvalue weighted by Crippen LogP contribution is 2.36. The highest BCUT2D eigenvalue weighted by molar-refractivity contribution is 7.93. The van der Waals surface area contributed by atoms with Crippen LogP contribution in [0.5, 0.6) is 11.5 Å². The van der Waals surface area contributed by atoms with E-state index in [2.05, 4.69) is 15.0 Å². The first kappa shape index (κ1) is 21.1. The molecule has 0 fully saturated rings. The first-order chi connectivity index (χ1) is 14.7. The van der Waals surface area contributed by atoms with Crippen LogP contribution in [0.15, 0.2) is 40.6 Å². The predicted octanol–water partition coefficient (Wildman–Crippen LogP) is 3.96. The minimum absolute atomic E-state index is 0.0533. The number of hydrogen-bond donors (Lipinski definition) is 2. The molecule has 10 heteroatoms. The molecular formula is C21H21N3O5S2. The zero-order valence-corrected chi connectivity index (χ0v) is 19.0. The summed E-state index contributed by atoms with van der Waals surface area (Å²) in [6.07, 6.45) is -0.555. The lowest BCUT2D eigenvalue weighted by Gasteiger charge is -2.23. The number of hydrogen-bond acceptors (Lipinski definition) is 7. The summed E-state index contributed by atoms with van der Waals surface area (Å²) < 4.78 is 39.3. The van der Waals surface area contributed by atoms with E-state index in [1.807, 2.05) is 19.9 Å². The number of amides is 1. The van der Waals surface area contributed by atoms with E-state index in [-0.39, 0.29) is 21.7 Å². The van der Waals surface area contributed by atoms with Crippen molar-refractivity contribution in [2.24, 2.45) is 0 Å². The number of rotatable bonds is 5. The molecule has 1 aliphatic rings. The average Bonchev–Trinajstić information content (AvgIpc) is 3.18. The molecule has 2 heterocycles. The summed E-state index contributed by atoms with van der Waals surface area (Å²) in [5.74, 6) is 0.625. The molecule has 0 saturated heterocycles. The Balaban J connectivity index is 1.61. The summed E-state index contributed by atoms with van der Waals surface area (Å²) in [5.41, 5.74) is 3.63. The van der Waals surface area contributed by atoms with Crippen molar-refractivity contribution < 1.29 is 22.7 Å². The minimum atomic E-state index is -3.90. The highest BCUT2D eigenvalue weighted by atomic mass is 32.2. The molecule has 31 heavy (non-hydrogen) atoms. The van der Waals surface area contributed by atoms with Gasteiger partial charge in [-0.15, -0.1) is 11.3 Å². The number of sulfonamides is 1. The van der Waals surface area contributed by atoms with E-state index in [0.29, 0.717) is 17.1 Å². The first-order valence-corrected chi connectivity index (χ1v) is 11.8. The number of fused-ring (bicyclic) bond motifs is 1. The topological polar surface area (TPSA) is 107 Å². The van der Waals surface area contributed by atoms with E-state index >= 15 is 0 Å². The van der Waals surface area contributed by atoms with Crippen LogP contribution in [0, 0.1) is 13.8 Å². The lowest BCUT2D eigenvalue weighted by molar-refractivity contribution is -0.122. The van der Waals surface area contributed by atoms with Crippen molar-refractivity contribution >= 4 is 38.1 Å². The van der Waals surface area contributed by atoms with Crippen molar-refractivity contribution in [1.82, 2.24) is 4.98 Å². The molecule has 1 aliphatic heterocycles. The van der Waals surface area contributed by atoms with Crippen LogP contribution in [-0.4, -0.2) is 32.5 Å². The summed E-state index contributed by atoms with van der Waals surface area (Å²) in [6, 6.07) is 8.59. The second-order valence-electron chi connectivity index (χ2n) is 7.19. The second-order valence-corrected chi connectivity index (χ2v) is 9.70. The van der Waals surface area contributed by atoms with Gasteiger partial charge in [-0.05, 0) is 62.2 Å². The van der Waals surface area contributed by atoms with Gasteiger partial charge < -0.3 is 14.8 Å². The molecule has 1 atom stereocenters. The van der Waals surface area contributed by atoms with Gasteiger partial charge in [0.25, 0.3) is 15.9 Å². The van der Waals surface area contributed by atoms with E-state index in [4.69, 9.17) is 9.47 Å². The van der Waals surface area contributed by atoms with Crippen LogP contribution >= 0.6 is 11.3 Å². The Hall–Kier alpha value is -3.11. The van der Waals surface area contributed by atoms with Gasteiger partial charge >= 0.3 is 0 Å². The fourth-order valence-electron chi connectivity index (χ4n) is 3.12. The molecule has 2 aromatic carbocycles. The predicted molar refractivity (Wildman–Crippen MR) is 120 cm³/mol. The number of aryl methyl sites for hydroxylation is 2. The number of nitrogens with one attached hydrogen (secondary N) is 2. The molecule has 0 spiro atoms. The van der Waals surface area contributed by atoms with Gasteiger partial charge in [-0.1, -0.05) is 0 Å². The monoisotopic (exact) mass is 459 g/mol. The summed E-state index contributed by atoms with van der Waals surface area (Å²) in [5, 5.41) is 4.76. The van der Waals surface area contributed by atoms with Crippen LogP contribution in [0.1, 0.15) is 18.1 Å². The molecule has 0 saturated carbocycles. The number of thiazole rings is 1. The maximum atomic E-state index is 13.0. The number of methoxy groups -OCH3 is 1. The largest absolute Gasteiger partial charge is 0.495 e. The lowest BCUT2D eigenvalue weighted by atomic mass is 10.1. The third-order valence-electron chi connectivity index (χ3n) is 5.00. The van der Waals surface area contributed by atoms with Gasteiger partial charge in [-0.2, -0.15) is 0 Å². The average molecular weight is 460 g/mol. The Labute approximate surface area is 184 Å². The number of benzene rings is 2. The number of aromatic nitrogens is 1. The van der Waals surface area contributed by atoms with Crippen LogP contribution in [0.25, 0.3) is 11.3 Å². The van der Waals surface area contributed by atoms with E-state index in [1.54, 1.807) is 36.6 Å². The Morgan fingerprint density at radius 3 is 2.68 bits per heavy atom. The van der Waals surface area contributed by atoms with E-state index in [9.17, 15) is 13.2 Å². The minimum Gasteiger partial charge on any atom is -0.495 e. The molecule has 162 valence electrons. The molecule has 2 N–H and O–H groups in total. The molecule has 1 aromatic heterocycles. The first-order valence-electron chi connectivity index (χ1n) is 9.43. The van der Waals surface area contributed by atoms with E-state index in [1.165, 1.54) is 7.11 Å². The van der Waals surface area contributed by atoms with Crippen LogP contribution in [-0.2, 0) is 14.8 Å². The molecule has 0 radical (unpaired) electrons. The van der Waals surface area contributed by atoms with Crippen molar-refractivity contribution in [2.45, 2.75) is 31.8 Å². The number of ether oxygens (including phenoxy) is 2. The molecule has 4 rings (SSSR count). The number of nitrogens with zero attached hydrogens (tertiary/aromatic N) is 1. The maximum absolute atomic E-state index is 13.0. The number of anilines is 2. The van der Waals surface area contributed by atoms with Crippen LogP contribution < -0.4 is 19.5 Å². The van der Waals surface area contributed by atoms with Gasteiger partial charge in [0, 0.05) is 10.9 Å². The van der Waals surface area contributed by atoms with Gasteiger partial charge in [-0.25, -0.2) is 13.4 Å². The summed E-state index contributed by atoms with van der Waals surface area (Å²) in [6.45, 7) is 5.41. The van der Waals surface area contributed by atoms with Crippen LogP contribution in [0.2, 0.25) is 0 Å². The van der Waals surface area contributed by atoms with Crippen LogP contribution in [0.3, 0.4) is 0 Å². The number of carbonyl (C=O) groups is 1. The zero-order chi connectivity index (χ0) is 22.3. The fourth-order valence-corrected chi connectivity index (χ4v) is 5.33. The highest BCUT2D eigenvalue weighted by Gasteiger charge is 2.25. The standard InChI is InChI=1S/C21H21N3O5S2/c1-11-7-18(28-4)19(8-12(11)2)31(26,27)24-21-23-16(10-30-21)14-5-6-17-15(9-14)22-20(25)13(3)29-17/h5-10,13H,1-4H3,(H,22,25)(H,23,24). The summed E-state index contributed by atoms with van der Waals surface area (Å²) >= 11 is 1.16. The van der Waals surface area contributed by atoms with E-state index in [0.717, 1.165) is 28.0 Å². The van der Waals surface area contributed by atoms with Crippen molar-refractivity contribution in [1.29, 1.82) is 0 Å². The zero-order valence-electron chi connectivity index (χ0n) is 17.3. The van der Waals surface area contributed by atoms with Gasteiger partial charge in [0.05, 0.1) is 18.5 Å². The smallest absolute Gasteiger partial charge is 0.267 e. The molecule has 3 aromatic rings. The van der Waals surface area contributed by atoms with Gasteiger partial charge in [0.1, 0.15) is 16.4 Å². The Morgan fingerprint density at radius 1 is 1.19 bits per heavy atom. The van der Waals surface area contributed by atoms with Crippen molar-refractivity contribution in [2.75, 3.05) is 17.1 Å². The lowest BCUT2D eigenvalue weighted by Crippen LogP contribution is -2.34. The SMILES string of the molecule is COc1cc(C)c(C)cc1S(=O)(=O)Nc1nc(-c2ccc3c(c2)NC(=O)C(C)O3)cs1. The Kier molecular flexibility index (Phi) is 5.36. The van der Waals surface area contributed by atoms with Crippen molar-refractivity contribution in [3.8, 4) is 22.8 Å². The maximum Gasteiger partial charge on any atom is 0.267 e. The molecule has 0 aliphatic carbocycles. The quantitative estimate of drug-likeness (QED) is 0.598. The Morgan fingerprint density at radius 2 is 1.94 bits per heavy atom. The van der Waals surface area contributed by atoms with Gasteiger partial charge in [0.15, 0.2) is 11.2 Å². The normalized spacial score (nSPS) is 15.6. The van der Waals surface area contributed by atoms with Crippen molar-refractivity contribution in [3.05, 3.63) is 46.8 Å². The number of carbonyl (C=O) groups excluding carboxylic acids is 1. The van der Waals surface area contributed by atoms with Gasteiger partial charge in [-0.3, -0.25) is 9.52 Å². The molecule has 8 nitrogen and oxygen atoms in total. The molecular weight excluding hydrogens is 438 g/mol. The van der Waals surface area contributed by atoms with Crippen molar-refractivity contribution in [3.63, 3.8) is 0 Å². The third-order valence-corrected chi connectivity index (χ3v) is 7.25. The molecule has 0 bridgehead atoms. The summed E-state index contributed by atoms with van der Waals surface area (Å²) in [7, 11) is -2.46. The summed E-state index contributed by atoms with van der Waals surface area (Å²) in [4.78, 5) is 16.3. The Bertz CT molecular complexity index is 1280. The fraction of sp³-hybridized carbons (Fsp3) is 0.238. The third kappa shape index (κ3) is 4.08.